The molecule has 0 radical (unpaired) electrons. The molecule has 0 unspecified atom stereocenters. The van der Waals surface area contributed by atoms with Crippen LogP contribution < -0.4 is 19.8 Å². The molecule has 152 valence electrons. The van der Waals surface area contributed by atoms with Gasteiger partial charge in [-0.2, -0.15) is 0 Å². The van der Waals surface area contributed by atoms with Crippen molar-refractivity contribution in [3.8, 4) is 11.5 Å². The number of hydrogen-bond donors (Lipinski definition) is 1. The number of pyridine rings is 1. The molecule has 0 saturated heterocycles. The summed E-state index contributed by atoms with van der Waals surface area (Å²) in [6, 6.07) is 16.2. The summed E-state index contributed by atoms with van der Waals surface area (Å²) in [6.07, 6.45) is 2.37. The van der Waals surface area contributed by atoms with Gasteiger partial charge >= 0.3 is 0 Å². The van der Waals surface area contributed by atoms with Crippen LogP contribution >= 0.6 is 0 Å². The number of nitrogens with one attached hydrogen (secondary N) is 2. The highest BCUT2D eigenvalue weighted by molar-refractivity contribution is 5.80. The highest BCUT2D eigenvalue weighted by atomic mass is 19.1. The lowest BCUT2D eigenvalue weighted by Crippen LogP contribution is -2.13. The predicted octanol–water partition coefficient (Wildman–Crippen LogP) is 3.75. The Labute approximate surface area is 170 Å². The van der Waals surface area contributed by atoms with E-state index in [9.17, 15) is 9.18 Å². The van der Waals surface area contributed by atoms with Gasteiger partial charge in [-0.15, -0.1) is 0 Å². The number of carbonyl (C=O) groups excluding carboxylic acids is 1. The second-order valence-corrected chi connectivity index (χ2v) is 6.28. The SMILES string of the molecule is CNCc1ccc(F)cc1.COc1c(C)[nH+]cc(C=O)c1OCc1ccccc1. The number of aromatic nitrogens is 1. The molecule has 0 aliphatic rings. The number of hydrogen-bond acceptors (Lipinski definition) is 4. The quantitative estimate of drug-likeness (QED) is 0.617. The normalized spacial score (nSPS) is 9.93. The summed E-state index contributed by atoms with van der Waals surface area (Å²) in [7, 11) is 3.42. The Morgan fingerprint density at radius 3 is 2.31 bits per heavy atom. The van der Waals surface area contributed by atoms with E-state index in [1.54, 1.807) is 25.4 Å². The first-order chi connectivity index (χ1) is 14.1. The van der Waals surface area contributed by atoms with Crippen molar-refractivity contribution in [1.82, 2.24) is 5.32 Å². The van der Waals surface area contributed by atoms with E-state index in [1.807, 2.05) is 44.3 Å². The lowest BCUT2D eigenvalue weighted by molar-refractivity contribution is -0.388. The van der Waals surface area contributed by atoms with Crippen LogP contribution in [0, 0.1) is 12.7 Å². The van der Waals surface area contributed by atoms with Crippen LogP contribution in [0.3, 0.4) is 0 Å². The van der Waals surface area contributed by atoms with Gasteiger partial charge in [0.2, 0.25) is 11.4 Å². The van der Waals surface area contributed by atoms with Crippen molar-refractivity contribution in [2.45, 2.75) is 20.1 Å². The van der Waals surface area contributed by atoms with Gasteiger partial charge in [-0.25, -0.2) is 9.37 Å². The molecular formula is C23H26FN2O3+. The van der Waals surface area contributed by atoms with Crippen molar-refractivity contribution in [2.24, 2.45) is 0 Å². The molecule has 3 aromatic rings. The zero-order valence-electron chi connectivity index (χ0n) is 16.9. The molecule has 0 spiro atoms. The maximum absolute atomic E-state index is 12.3. The Bertz CT molecular complexity index is 900. The minimum Gasteiger partial charge on any atom is -0.488 e. The molecule has 29 heavy (non-hydrogen) atoms. The highest BCUT2D eigenvalue weighted by Crippen LogP contribution is 2.31. The van der Waals surface area contributed by atoms with Crippen LogP contribution in [-0.4, -0.2) is 20.4 Å². The molecule has 0 amide bonds. The number of aldehydes is 1. The smallest absolute Gasteiger partial charge is 0.229 e. The average molecular weight is 397 g/mol. The van der Waals surface area contributed by atoms with E-state index in [0.717, 1.165) is 29.7 Å². The monoisotopic (exact) mass is 397 g/mol. The first kappa shape index (κ1) is 22.0. The molecule has 6 heteroatoms. The number of halogens is 1. The highest BCUT2D eigenvalue weighted by Gasteiger charge is 2.18. The molecule has 0 aliphatic heterocycles. The third-order valence-corrected chi connectivity index (χ3v) is 4.10. The minimum absolute atomic E-state index is 0.181. The minimum atomic E-state index is -0.181. The third-order valence-electron chi connectivity index (χ3n) is 4.10. The Kier molecular flexibility index (Phi) is 8.79. The van der Waals surface area contributed by atoms with Crippen LogP contribution in [0.1, 0.15) is 27.2 Å². The Hall–Kier alpha value is -3.25. The van der Waals surface area contributed by atoms with Gasteiger partial charge in [0.15, 0.2) is 18.2 Å². The number of aromatic amines is 1. The van der Waals surface area contributed by atoms with Gasteiger partial charge in [0.25, 0.3) is 0 Å². The van der Waals surface area contributed by atoms with E-state index < -0.39 is 0 Å². The van der Waals surface area contributed by atoms with Crippen molar-refractivity contribution in [1.29, 1.82) is 0 Å². The van der Waals surface area contributed by atoms with Crippen LogP contribution in [0.4, 0.5) is 4.39 Å². The second-order valence-electron chi connectivity index (χ2n) is 6.28. The number of ether oxygens (including phenoxy) is 2. The summed E-state index contributed by atoms with van der Waals surface area (Å²) in [4.78, 5) is 14.0. The molecular weight excluding hydrogens is 371 g/mol. The van der Waals surface area contributed by atoms with Gasteiger partial charge in [0, 0.05) is 13.5 Å². The number of H-pyrrole nitrogens is 1. The summed E-state index contributed by atoms with van der Waals surface area (Å²) in [5, 5.41) is 2.98. The molecule has 2 N–H and O–H groups in total. The Morgan fingerprint density at radius 2 is 1.72 bits per heavy atom. The maximum atomic E-state index is 12.3. The number of aryl methyl sites for hydroxylation is 1. The lowest BCUT2D eigenvalue weighted by Gasteiger charge is -2.11. The Morgan fingerprint density at radius 1 is 1.03 bits per heavy atom. The van der Waals surface area contributed by atoms with Crippen LogP contribution in [0.2, 0.25) is 0 Å². The van der Waals surface area contributed by atoms with E-state index in [2.05, 4.69) is 10.3 Å². The molecule has 0 atom stereocenters. The Balaban J connectivity index is 0.000000253. The zero-order valence-corrected chi connectivity index (χ0v) is 16.9. The van der Waals surface area contributed by atoms with Crippen molar-refractivity contribution < 1.29 is 23.6 Å². The van der Waals surface area contributed by atoms with Crippen molar-refractivity contribution in [3.63, 3.8) is 0 Å². The summed E-state index contributed by atoms with van der Waals surface area (Å²) < 4.78 is 23.3. The van der Waals surface area contributed by atoms with Crippen LogP contribution in [0.15, 0.2) is 60.8 Å². The molecule has 1 aromatic heterocycles. The number of methoxy groups -OCH3 is 1. The average Bonchev–Trinajstić information content (AvgIpc) is 2.75. The van der Waals surface area contributed by atoms with E-state index in [4.69, 9.17) is 9.47 Å². The molecule has 2 aromatic carbocycles. The standard InChI is InChI=1S/C15H15NO3.C8H10FN/c1-11-14(18-2)15(13(9-17)8-16-11)19-10-12-6-4-3-5-7-12;1-10-6-7-2-4-8(9)5-3-7/h3-9H,10H2,1-2H3;2-5,10H,6H2,1H3/p+1. The van der Waals surface area contributed by atoms with E-state index in [1.165, 1.54) is 12.1 Å². The van der Waals surface area contributed by atoms with E-state index >= 15 is 0 Å². The fraction of sp³-hybridized carbons (Fsp3) is 0.217. The summed E-state index contributed by atoms with van der Waals surface area (Å²) in [6.45, 7) is 3.05. The fourth-order valence-corrected chi connectivity index (χ4v) is 2.64. The second kappa shape index (κ2) is 11.6. The van der Waals surface area contributed by atoms with Crippen LogP contribution in [0.5, 0.6) is 11.5 Å². The molecule has 0 bridgehead atoms. The van der Waals surface area contributed by atoms with Crippen LogP contribution in [0.25, 0.3) is 0 Å². The molecule has 3 rings (SSSR count). The largest absolute Gasteiger partial charge is 0.488 e. The number of benzene rings is 2. The summed E-state index contributed by atoms with van der Waals surface area (Å²) in [5.74, 6) is 0.845. The first-order valence-electron chi connectivity index (χ1n) is 9.19. The number of rotatable bonds is 7. The molecule has 5 nitrogen and oxygen atoms in total. The van der Waals surface area contributed by atoms with E-state index in [0.29, 0.717) is 23.7 Å². The summed E-state index contributed by atoms with van der Waals surface area (Å²) in [5.41, 5.74) is 3.39. The topological polar surface area (TPSA) is 61.7 Å². The van der Waals surface area contributed by atoms with Gasteiger partial charge in [0.05, 0.1) is 7.11 Å². The van der Waals surface area contributed by atoms with Gasteiger partial charge in [-0.3, -0.25) is 4.79 Å². The first-order valence-corrected chi connectivity index (χ1v) is 9.19. The third kappa shape index (κ3) is 6.69. The van der Waals surface area contributed by atoms with Crippen LogP contribution in [-0.2, 0) is 13.2 Å². The zero-order chi connectivity index (χ0) is 21.1. The predicted molar refractivity (Wildman–Crippen MR) is 110 cm³/mol. The van der Waals surface area contributed by atoms with Gasteiger partial charge < -0.3 is 14.8 Å². The molecule has 0 fully saturated rings. The van der Waals surface area contributed by atoms with E-state index in [-0.39, 0.29) is 5.82 Å². The van der Waals surface area contributed by atoms with Crippen molar-refractivity contribution in [2.75, 3.05) is 14.2 Å². The fourth-order valence-electron chi connectivity index (χ4n) is 2.64. The number of carbonyl (C=O) groups is 1. The molecule has 0 aliphatic carbocycles. The molecule has 0 saturated carbocycles. The molecule has 1 heterocycles. The lowest BCUT2D eigenvalue weighted by atomic mass is 10.2. The maximum Gasteiger partial charge on any atom is 0.229 e. The van der Waals surface area contributed by atoms with Crippen molar-refractivity contribution >= 4 is 6.29 Å². The van der Waals surface area contributed by atoms with Gasteiger partial charge in [-0.05, 0) is 30.3 Å². The van der Waals surface area contributed by atoms with Crippen molar-refractivity contribution in [3.05, 3.63) is 89.0 Å². The van der Waals surface area contributed by atoms with Gasteiger partial charge in [0.1, 0.15) is 18.0 Å². The summed E-state index contributed by atoms with van der Waals surface area (Å²) >= 11 is 0. The van der Waals surface area contributed by atoms with Gasteiger partial charge in [-0.1, -0.05) is 42.5 Å².